The molecule has 0 aromatic heterocycles. The Hall–Kier alpha value is -3.15. The van der Waals surface area contributed by atoms with Crippen molar-refractivity contribution < 1.29 is 49.0 Å². The van der Waals surface area contributed by atoms with Gasteiger partial charge in [-0.1, -0.05) is 6.07 Å². The van der Waals surface area contributed by atoms with Crippen LogP contribution < -0.4 is 4.74 Å². The summed E-state index contributed by atoms with van der Waals surface area (Å²) < 4.78 is 16.7. The molecule has 1 fully saturated rings. The molecule has 0 radical (unpaired) electrons. The summed E-state index contributed by atoms with van der Waals surface area (Å²) >= 11 is 0. The predicted octanol–water partition coefficient (Wildman–Crippen LogP) is 0.372. The minimum atomic E-state index is -1.23. The molecule has 0 amide bonds. The van der Waals surface area contributed by atoms with Gasteiger partial charge in [0, 0.05) is 18.0 Å². The van der Waals surface area contributed by atoms with Crippen LogP contribution in [0.4, 0.5) is 0 Å². The molecular weight excluding hydrogens is 474 g/mol. The molecule has 1 spiro atoms. The van der Waals surface area contributed by atoms with Crippen molar-refractivity contribution in [1.29, 1.82) is 0 Å². The number of carbonyl (C=O) groups is 3. The van der Waals surface area contributed by atoms with Gasteiger partial charge < -0.3 is 39.5 Å². The number of nitrogens with zero attached hydrogens (tertiary/aromatic N) is 1. The predicted molar refractivity (Wildman–Crippen MR) is 121 cm³/mol. The highest BCUT2D eigenvalue weighted by Gasteiger charge is 2.72. The van der Waals surface area contributed by atoms with E-state index in [2.05, 4.69) is 4.90 Å². The highest BCUT2D eigenvalue weighted by Crippen LogP contribution is 2.65. The molecule has 2 aliphatic heterocycles. The fraction of sp³-hybridized carbons (Fsp3) is 0.560. The largest absolute Gasteiger partial charge is 0.504 e. The Morgan fingerprint density at radius 1 is 1.25 bits per heavy atom. The number of aliphatic hydroxyl groups is 2. The number of piperidine rings is 1. The van der Waals surface area contributed by atoms with E-state index in [9.17, 15) is 24.6 Å². The number of aromatic hydroxyl groups is 1. The van der Waals surface area contributed by atoms with Gasteiger partial charge in [-0.2, -0.15) is 0 Å². The number of hydrogen-bond donors (Lipinski definition) is 4. The zero-order chi connectivity index (χ0) is 25.8. The second-order valence-electron chi connectivity index (χ2n) is 9.97. The van der Waals surface area contributed by atoms with Crippen LogP contribution in [-0.4, -0.2) is 87.3 Å². The van der Waals surface area contributed by atoms with Gasteiger partial charge in [0.2, 0.25) is 0 Å². The molecule has 1 saturated heterocycles. The Balaban J connectivity index is 1.34. The van der Waals surface area contributed by atoms with Crippen molar-refractivity contribution in [2.75, 3.05) is 20.2 Å². The van der Waals surface area contributed by atoms with E-state index in [1.807, 2.05) is 13.1 Å². The second-order valence-corrected chi connectivity index (χ2v) is 9.97. The molecule has 194 valence electrons. The lowest BCUT2D eigenvalue weighted by Crippen LogP contribution is -2.74. The number of ether oxygens (including phenoxy) is 3. The highest BCUT2D eigenvalue weighted by molar-refractivity contribution is 5.79. The molecule has 11 nitrogen and oxygen atoms in total. The van der Waals surface area contributed by atoms with Crippen LogP contribution in [0.3, 0.4) is 0 Å². The maximum atomic E-state index is 12.7. The first-order valence-corrected chi connectivity index (χ1v) is 12.0. The van der Waals surface area contributed by atoms with Crippen LogP contribution in [0.15, 0.2) is 24.0 Å². The van der Waals surface area contributed by atoms with Crippen LogP contribution in [0.25, 0.3) is 0 Å². The van der Waals surface area contributed by atoms with E-state index in [4.69, 9.17) is 24.4 Å². The number of phenols is 1. The van der Waals surface area contributed by atoms with Gasteiger partial charge in [0.25, 0.3) is 0 Å². The van der Waals surface area contributed by atoms with Gasteiger partial charge in [0.1, 0.15) is 11.9 Å². The number of carbonyl (C=O) groups excluding carboxylic acids is 2. The lowest BCUT2D eigenvalue weighted by atomic mass is 9.50. The summed E-state index contributed by atoms with van der Waals surface area (Å²) in [6, 6.07) is 3.26. The Labute approximate surface area is 206 Å². The van der Waals surface area contributed by atoms with Crippen LogP contribution in [0.5, 0.6) is 11.5 Å². The number of carboxylic acid groups (broad SMARTS) is 1. The average Bonchev–Trinajstić information content (AvgIpc) is 3.19. The van der Waals surface area contributed by atoms with Crippen molar-refractivity contribution in [2.45, 2.75) is 67.8 Å². The Kier molecular flexibility index (Phi) is 5.97. The van der Waals surface area contributed by atoms with Gasteiger partial charge in [-0.25, -0.2) is 0 Å². The van der Waals surface area contributed by atoms with E-state index >= 15 is 0 Å². The maximum absolute atomic E-state index is 12.7. The van der Waals surface area contributed by atoms with Gasteiger partial charge in [-0.3, -0.25) is 14.4 Å². The van der Waals surface area contributed by atoms with Crippen molar-refractivity contribution >= 4 is 17.9 Å². The second kappa shape index (κ2) is 8.75. The summed E-state index contributed by atoms with van der Waals surface area (Å²) in [5, 5.41) is 40.6. The molecule has 4 aliphatic rings. The SMILES string of the molecule is CN1CCC23c4c5ccc(O)c4OC2C(OC(=O)CCC(=O)O[C@H](CO)CC(=O)O)=CC[C@@]3(O)[C@H]1C5. The van der Waals surface area contributed by atoms with E-state index in [1.165, 1.54) is 0 Å². The number of aliphatic carboxylic acids is 1. The number of aliphatic hydroxyl groups excluding tert-OH is 1. The third kappa shape index (κ3) is 3.56. The lowest BCUT2D eigenvalue weighted by Gasteiger charge is -2.61. The molecule has 2 unspecified atom stereocenters. The van der Waals surface area contributed by atoms with Gasteiger partial charge >= 0.3 is 17.9 Å². The average molecular weight is 504 g/mol. The summed E-state index contributed by atoms with van der Waals surface area (Å²) in [6.07, 6.45) is -0.231. The van der Waals surface area contributed by atoms with Crippen LogP contribution in [-0.2, 0) is 35.7 Å². The molecule has 36 heavy (non-hydrogen) atoms. The normalized spacial score (nSPS) is 30.5. The summed E-state index contributed by atoms with van der Waals surface area (Å²) in [5.74, 6) is -2.28. The quantitative estimate of drug-likeness (QED) is 0.363. The third-order valence-electron chi connectivity index (χ3n) is 8.02. The number of carboxylic acids is 1. The van der Waals surface area contributed by atoms with Gasteiger partial charge in [-0.15, -0.1) is 0 Å². The Bertz CT molecular complexity index is 1150. The summed E-state index contributed by atoms with van der Waals surface area (Å²) in [5.41, 5.74) is -0.306. The molecule has 2 heterocycles. The van der Waals surface area contributed by atoms with Gasteiger partial charge in [0.15, 0.2) is 17.6 Å². The number of likely N-dealkylation sites (N-methyl/N-ethyl adjacent to an activating group) is 1. The monoisotopic (exact) mass is 503 g/mol. The fourth-order valence-corrected chi connectivity index (χ4v) is 6.41. The fourth-order valence-electron chi connectivity index (χ4n) is 6.41. The van der Waals surface area contributed by atoms with Crippen LogP contribution in [0, 0.1) is 0 Å². The number of esters is 2. The van der Waals surface area contributed by atoms with Crippen molar-refractivity contribution in [2.24, 2.45) is 0 Å². The smallest absolute Gasteiger partial charge is 0.311 e. The zero-order valence-electron chi connectivity index (χ0n) is 19.8. The molecule has 5 atom stereocenters. The van der Waals surface area contributed by atoms with E-state index < -0.39 is 54.2 Å². The van der Waals surface area contributed by atoms with Gasteiger partial charge in [-0.05, 0) is 44.1 Å². The number of rotatable bonds is 8. The van der Waals surface area contributed by atoms with Crippen molar-refractivity contribution in [3.8, 4) is 11.5 Å². The number of hydrogen-bond acceptors (Lipinski definition) is 10. The lowest BCUT2D eigenvalue weighted by molar-refractivity contribution is -0.170. The number of phenolic OH excluding ortho intramolecular Hbond substituents is 1. The first-order valence-electron chi connectivity index (χ1n) is 12.0. The molecular formula is C25H29NO10. The van der Waals surface area contributed by atoms with E-state index in [-0.39, 0.29) is 36.8 Å². The molecule has 0 saturated carbocycles. The summed E-state index contributed by atoms with van der Waals surface area (Å²) in [6.45, 7) is 0.0434. The first-order chi connectivity index (χ1) is 17.1. The van der Waals surface area contributed by atoms with Crippen molar-refractivity contribution in [3.05, 3.63) is 35.1 Å². The van der Waals surface area contributed by atoms with Crippen molar-refractivity contribution in [1.82, 2.24) is 4.90 Å². The standard InChI is InChI=1S/C25H29NO10/c1-26-9-8-24-21-13-2-3-15(28)22(21)36-23(24)16(6-7-25(24,33)17(26)10-13)35-20(32)5-4-19(31)34-14(12-27)11-18(29)30/h2-3,6,14,17,23,27-28,33H,4-5,7-12H2,1H3,(H,29,30)/t14-,17+,23?,24?,25+/m0/s1. The van der Waals surface area contributed by atoms with E-state index in [1.54, 1.807) is 12.1 Å². The molecule has 2 bridgehead atoms. The first kappa shape index (κ1) is 24.5. The molecule has 1 aromatic rings. The molecule has 2 aliphatic carbocycles. The zero-order valence-corrected chi connectivity index (χ0v) is 19.8. The third-order valence-corrected chi connectivity index (χ3v) is 8.02. The Morgan fingerprint density at radius 3 is 2.72 bits per heavy atom. The number of benzene rings is 1. The van der Waals surface area contributed by atoms with Gasteiger partial charge in [0.05, 0.1) is 36.9 Å². The Morgan fingerprint density at radius 2 is 2.00 bits per heavy atom. The molecule has 1 aromatic carbocycles. The van der Waals surface area contributed by atoms with Crippen molar-refractivity contribution in [3.63, 3.8) is 0 Å². The molecule has 4 N–H and O–H groups in total. The molecule has 11 heteroatoms. The summed E-state index contributed by atoms with van der Waals surface area (Å²) in [7, 11) is 1.97. The van der Waals surface area contributed by atoms with E-state index in [0.29, 0.717) is 25.1 Å². The highest BCUT2D eigenvalue weighted by atomic mass is 16.6. The topological polar surface area (TPSA) is 163 Å². The van der Waals surface area contributed by atoms with Crippen LogP contribution >= 0.6 is 0 Å². The van der Waals surface area contributed by atoms with E-state index in [0.717, 1.165) is 11.1 Å². The minimum Gasteiger partial charge on any atom is -0.504 e. The minimum absolute atomic E-state index is 0.0366. The summed E-state index contributed by atoms with van der Waals surface area (Å²) in [4.78, 5) is 37.6. The molecule has 5 rings (SSSR count). The van der Waals surface area contributed by atoms with Crippen LogP contribution in [0.2, 0.25) is 0 Å². The van der Waals surface area contributed by atoms with Crippen LogP contribution in [0.1, 0.15) is 43.2 Å². The number of likely N-dealkylation sites (tertiary alicyclic amines) is 1. The maximum Gasteiger partial charge on any atom is 0.311 e.